The molecule has 0 bridgehead atoms. The van der Waals surface area contributed by atoms with Gasteiger partial charge in [0.25, 0.3) is 0 Å². The molecule has 9 heterocycles. The molecule has 0 saturated carbocycles. The van der Waals surface area contributed by atoms with Gasteiger partial charge in [-0.1, -0.05) is 114 Å². The summed E-state index contributed by atoms with van der Waals surface area (Å²) in [5, 5.41) is 50.0. The Hall–Kier alpha value is -18.6. The Morgan fingerprint density at radius 1 is 0.426 bits per heavy atom. The molecule has 0 amide bonds. The number of azide groups is 1. The zero-order chi connectivity index (χ0) is 93.6. The lowest BCUT2D eigenvalue weighted by molar-refractivity contribution is 0.0701. The topological polar surface area (TPSA) is 507 Å². The Kier molecular flexibility index (Phi) is 24.2. The number of carboxylic acids is 1. The van der Waals surface area contributed by atoms with Crippen LogP contribution >= 0.6 is 0 Å². The standard InChI is InChI=1S/C23H22N4.C21H15N3.C20H17N3O2S.C14H11N7.C14H11N3O2.C13H10N6/c1-3-7-21-19(5-1)23(20-6-2-4-8-22(20)26-21)25-17-9-11-18(12-10-17)27-15-13-24-14-16-27;1-3-8-19-15(6-1)21(16-7-2-4-9-20(16)23-19)24-18-11-5-10-17-14(18)12-13-22-17;1-12-2-6-15(7-3-12)26(24)25-20-16-8-4-13(21)10-18(16)23-19-11-14(22)5-9-17(19)20;15-7-1-3-9-11(5-7)17-12-6-8(16)2-4-10(12)13(9)14-18-20-21-19-14;15-7-1-3-9-11(5-7)17-12-6-8(16)2-4-10(12)13(9)14(18)19;14-7-1-3-9-11(5-7)17-12-6-8(15)2-4-10(12)13(9)18-19-16/h1-12,24H,13-16H2,(H,25,26);1-13,22H,(H,23,24);2-11H,21-22H2,1H3;1-6H,15-16H2,(H,18,19,20,21);1-6H,15-16H2,(H,18,19);1-6H,14-15H2. The maximum Gasteiger partial charge on any atom is 0.337 e. The number of tetrazole rings is 1. The predicted molar refractivity (Wildman–Crippen MR) is 554 cm³/mol. The number of carbonyl (C=O) groups is 1. The number of nitrogens with two attached hydrogens (primary N) is 8. The van der Waals surface area contributed by atoms with Crippen LogP contribution in [0.3, 0.4) is 0 Å². The number of rotatable bonds is 11. The number of anilines is 13. The number of aromatic nitrogens is 11. The molecule has 15 aromatic carbocycles. The van der Waals surface area contributed by atoms with Gasteiger partial charge < -0.3 is 81.0 Å². The molecule has 136 heavy (non-hydrogen) atoms. The number of H-pyrrole nitrogens is 2. The molecule has 1 fully saturated rings. The van der Waals surface area contributed by atoms with Crippen LogP contribution in [0.1, 0.15) is 15.9 Å². The molecule has 31 heteroatoms. The van der Waals surface area contributed by atoms with Gasteiger partial charge in [0.2, 0.25) is 16.9 Å². The molecule has 0 radical (unpaired) electrons. The van der Waals surface area contributed by atoms with E-state index in [-0.39, 0.29) is 5.56 Å². The molecule has 23 aromatic rings. The van der Waals surface area contributed by atoms with Crippen molar-refractivity contribution in [3.8, 4) is 17.1 Å². The molecule has 0 aliphatic carbocycles. The van der Waals surface area contributed by atoms with Gasteiger partial charge in [-0.3, -0.25) is 0 Å². The molecule has 1 atom stereocenters. The van der Waals surface area contributed by atoms with E-state index >= 15 is 0 Å². The van der Waals surface area contributed by atoms with Crippen molar-refractivity contribution in [3.05, 3.63) is 343 Å². The smallest absolute Gasteiger partial charge is 0.337 e. The second-order valence-electron chi connectivity index (χ2n) is 32.3. The zero-order valence-corrected chi connectivity index (χ0v) is 73.8. The maximum absolute atomic E-state index is 12.8. The van der Waals surface area contributed by atoms with Crippen LogP contribution in [-0.4, -0.2) is 97.0 Å². The normalized spacial score (nSPS) is 12.0. The first kappa shape index (κ1) is 86.8. The summed E-state index contributed by atoms with van der Waals surface area (Å²) < 4.78 is 18.7. The number of nitrogens with zero attached hydrogens (tertiary/aromatic N) is 13. The summed E-state index contributed by atoms with van der Waals surface area (Å²) in [4.78, 5) is 48.4. The zero-order valence-electron chi connectivity index (χ0n) is 72.9. The number of hydrogen-bond acceptors (Lipinski definition) is 25. The van der Waals surface area contributed by atoms with Crippen LogP contribution in [0.15, 0.2) is 332 Å². The second-order valence-corrected chi connectivity index (χ2v) is 33.4. The molecule has 666 valence electrons. The first-order valence-corrected chi connectivity index (χ1v) is 44.3. The fourth-order valence-electron chi connectivity index (χ4n) is 16.7. The first-order valence-electron chi connectivity index (χ1n) is 43.2. The highest BCUT2D eigenvalue weighted by molar-refractivity contribution is 7.80. The van der Waals surface area contributed by atoms with Crippen LogP contribution in [0.25, 0.3) is 164 Å². The summed E-state index contributed by atoms with van der Waals surface area (Å²) in [5.41, 5.74) is 78.8. The third kappa shape index (κ3) is 18.3. The third-order valence-corrected chi connectivity index (χ3v) is 24.1. The molecule has 1 aliphatic heterocycles. The number of fused-ring (bicyclic) bond motifs is 13. The molecule has 0 spiro atoms. The van der Waals surface area contributed by atoms with Crippen molar-refractivity contribution in [3.63, 3.8) is 0 Å². The molecule has 30 nitrogen and oxygen atoms in total. The summed E-state index contributed by atoms with van der Waals surface area (Å²) in [7, 11) is 0. The van der Waals surface area contributed by atoms with Gasteiger partial charge in [-0.2, -0.15) is 5.21 Å². The van der Waals surface area contributed by atoms with E-state index in [0.29, 0.717) is 112 Å². The number of carboxylic acid groups (broad SMARTS) is 1. The number of aromatic carboxylic acids is 1. The van der Waals surface area contributed by atoms with Crippen LogP contribution in [0, 0.1) is 6.92 Å². The van der Waals surface area contributed by atoms with Crippen molar-refractivity contribution in [1.29, 1.82) is 0 Å². The number of pyridine rings is 6. The third-order valence-electron chi connectivity index (χ3n) is 23.2. The largest absolute Gasteiger partial charge is 0.478 e. The Morgan fingerprint density at radius 2 is 0.816 bits per heavy atom. The lowest BCUT2D eigenvalue weighted by Crippen LogP contribution is -2.43. The summed E-state index contributed by atoms with van der Waals surface area (Å²) in [5.74, 6) is 0.0257. The average molecular weight is 1810 g/mol. The van der Waals surface area contributed by atoms with Crippen LogP contribution in [0.4, 0.5) is 79.6 Å². The summed E-state index contributed by atoms with van der Waals surface area (Å²) in [6, 6.07) is 100. The van der Waals surface area contributed by atoms with E-state index in [4.69, 9.17) is 65.6 Å². The lowest BCUT2D eigenvalue weighted by Gasteiger charge is -2.29. The molecule has 1 unspecified atom stereocenters. The van der Waals surface area contributed by atoms with E-state index < -0.39 is 17.0 Å². The van der Waals surface area contributed by atoms with Crippen LogP contribution in [-0.2, 0) is 11.1 Å². The van der Waals surface area contributed by atoms with E-state index in [0.717, 1.165) is 153 Å². The van der Waals surface area contributed by atoms with Gasteiger partial charge >= 0.3 is 5.97 Å². The minimum atomic E-state index is -1.66. The molecule has 1 aliphatic rings. The Bertz CT molecular complexity index is 8180. The number of hydrogen-bond donors (Lipinski definition) is 14. The van der Waals surface area contributed by atoms with E-state index in [1.54, 1.807) is 109 Å². The second kappa shape index (κ2) is 37.9. The Balaban J connectivity index is 0.000000105. The van der Waals surface area contributed by atoms with E-state index in [1.165, 1.54) is 11.1 Å². The predicted octanol–water partition coefficient (Wildman–Crippen LogP) is 21.6. The minimum absolute atomic E-state index is 0.222. The van der Waals surface area contributed by atoms with Gasteiger partial charge in [0.15, 0.2) is 5.75 Å². The molecule has 24 rings (SSSR count). The van der Waals surface area contributed by atoms with Crippen molar-refractivity contribution >= 4 is 238 Å². The van der Waals surface area contributed by atoms with Gasteiger partial charge in [0, 0.05) is 181 Å². The van der Waals surface area contributed by atoms with Crippen molar-refractivity contribution in [2.24, 2.45) is 5.11 Å². The Morgan fingerprint density at radius 3 is 1.24 bits per heavy atom. The van der Waals surface area contributed by atoms with Crippen molar-refractivity contribution in [2.45, 2.75) is 11.8 Å². The van der Waals surface area contributed by atoms with Crippen LogP contribution in [0.2, 0.25) is 0 Å². The monoisotopic (exact) mass is 1810 g/mol. The van der Waals surface area contributed by atoms with Crippen LogP contribution < -0.4 is 70.9 Å². The number of nitrogens with one attached hydrogen (secondary N) is 5. The van der Waals surface area contributed by atoms with Gasteiger partial charge in [-0.25, -0.2) is 38.9 Å². The summed E-state index contributed by atoms with van der Waals surface area (Å²) >= 11 is -1.66. The quantitative estimate of drug-likeness (QED) is 0.0188. The van der Waals surface area contributed by atoms with E-state index in [2.05, 4.69) is 198 Å². The van der Waals surface area contributed by atoms with Crippen molar-refractivity contribution < 1.29 is 18.3 Å². The van der Waals surface area contributed by atoms with Crippen LogP contribution in [0.5, 0.6) is 5.75 Å². The number of benzene rings is 15. The average Bonchev–Trinajstić information content (AvgIpc) is 1.27. The van der Waals surface area contributed by atoms with E-state index in [9.17, 15) is 14.1 Å². The van der Waals surface area contributed by atoms with Crippen molar-refractivity contribution in [1.82, 2.24) is 60.8 Å². The molecular formula is C105H86N26O4S. The first-order chi connectivity index (χ1) is 66.3. The summed E-state index contributed by atoms with van der Waals surface area (Å²) in [6.07, 6.45) is 1.97. The molecule has 8 aromatic heterocycles. The number of nitrogen functional groups attached to an aromatic ring is 8. The number of para-hydroxylation sites is 4. The maximum atomic E-state index is 12.8. The van der Waals surface area contributed by atoms with Crippen molar-refractivity contribution in [2.75, 3.05) is 87.6 Å². The molecule has 22 N–H and O–H groups in total. The highest BCUT2D eigenvalue weighted by Gasteiger charge is 2.22. The van der Waals surface area contributed by atoms with Gasteiger partial charge in [0.05, 0.1) is 93.7 Å². The van der Waals surface area contributed by atoms with E-state index in [1.807, 2.05) is 98.0 Å². The van der Waals surface area contributed by atoms with Gasteiger partial charge in [-0.15, -0.1) is 10.2 Å². The Labute approximate surface area is 777 Å². The molecular weight excluding hydrogens is 1720 g/mol. The fraction of sp³-hybridized carbons (Fsp3) is 0.0476. The van der Waals surface area contributed by atoms with Gasteiger partial charge in [0.1, 0.15) is 0 Å². The highest BCUT2D eigenvalue weighted by Crippen LogP contribution is 2.42. The number of piperazine rings is 1. The lowest BCUT2D eigenvalue weighted by atomic mass is 10.0. The fourth-order valence-corrected chi connectivity index (χ4v) is 17.5. The SMILES string of the molecule is Cc1ccc(S(=O)Oc2c3ccc(N)cc3nc3cc(N)ccc23)cc1.Nc1ccc2c(-c3nn[nH]n3)c3ccc(N)cc3nc2c1.Nc1ccc2c(C(=O)O)c3ccc(N)cc3nc2c1.[N-]=[N+]=Nc1c2ccc(N)cc2nc2cc(N)ccc12.c1ccc2c(Nc3ccc(N4CCNCC4)cc3)c3ccccc3nc2c1.c1ccc2c(Nc3cccc4[nH]ccc34)c3ccccc3nc2c1. The molecule has 1 saturated heterocycles. The minimum Gasteiger partial charge on any atom is -0.478 e. The highest BCUT2D eigenvalue weighted by atomic mass is 32.2. The summed E-state index contributed by atoms with van der Waals surface area (Å²) in [6.45, 7) is 6.20. The number of aryl methyl sites for hydroxylation is 1. The number of aromatic amines is 2. The van der Waals surface area contributed by atoms with Gasteiger partial charge in [-0.05, 0) is 230 Å².